The molecule has 1 fully saturated rings. The van der Waals surface area contributed by atoms with Gasteiger partial charge in [-0.15, -0.1) is 0 Å². The van der Waals surface area contributed by atoms with E-state index in [0.29, 0.717) is 19.6 Å². The molecular weight excluding hydrogens is 244 g/mol. The third kappa shape index (κ3) is 2.33. The SMILES string of the molecule is O=C1CN(C(=O)C2CNc3ccccc3N2)CCN1. The number of nitrogens with zero attached hydrogens (tertiary/aromatic N) is 1. The molecule has 6 heteroatoms. The fourth-order valence-corrected chi connectivity index (χ4v) is 2.41. The summed E-state index contributed by atoms with van der Waals surface area (Å²) in [5, 5.41) is 9.17. The second-order valence-electron chi connectivity index (χ2n) is 4.73. The highest BCUT2D eigenvalue weighted by atomic mass is 16.2. The average Bonchev–Trinajstić information content (AvgIpc) is 2.46. The first kappa shape index (κ1) is 11.8. The summed E-state index contributed by atoms with van der Waals surface area (Å²) in [6.07, 6.45) is 0. The number of amides is 2. The van der Waals surface area contributed by atoms with Crippen molar-refractivity contribution in [1.82, 2.24) is 10.2 Å². The molecule has 1 saturated heterocycles. The highest BCUT2D eigenvalue weighted by molar-refractivity contribution is 5.92. The Balaban J connectivity index is 1.70. The summed E-state index contributed by atoms with van der Waals surface area (Å²) in [5.74, 6) is -0.124. The molecule has 0 radical (unpaired) electrons. The molecule has 1 atom stereocenters. The quantitative estimate of drug-likeness (QED) is 0.656. The van der Waals surface area contributed by atoms with E-state index < -0.39 is 0 Å². The molecule has 1 unspecified atom stereocenters. The van der Waals surface area contributed by atoms with E-state index in [9.17, 15) is 9.59 Å². The minimum absolute atomic E-state index is 0.0307. The van der Waals surface area contributed by atoms with E-state index in [1.165, 1.54) is 0 Å². The number of hydrogen-bond acceptors (Lipinski definition) is 4. The van der Waals surface area contributed by atoms with Gasteiger partial charge in [0.15, 0.2) is 0 Å². The molecule has 0 saturated carbocycles. The highest BCUT2D eigenvalue weighted by Crippen LogP contribution is 2.25. The maximum atomic E-state index is 12.4. The molecule has 2 heterocycles. The van der Waals surface area contributed by atoms with Crippen LogP contribution in [0.2, 0.25) is 0 Å². The van der Waals surface area contributed by atoms with E-state index in [4.69, 9.17) is 0 Å². The van der Waals surface area contributed by atoms with E-state index in [2.05, 4.69) is 16.0 Å². The van der Waals surface area contributed by atoms with Crippen molar-refractivity contribution in [3.8, 4) is 0 Å². The van der Waals surface area contributed by atoms with Gasteiger partial charge in [-0.1, -0.05) is 12.1 Å². The van der Waals surface area contributed by atoms with Crippen molar-refractivity contribution in [1.29, 1.82) is 0 Å². The molecule has 2 amide bonds. The zero-order valence-corrected chi connectivity index (χ0v) is 10.5. The molecule has 19 heavy (non-hydrogen) atoms. The Labute approximate surface area is 111 Å². The summed E-state index contributed by atoms with van der Waals surface area (Å²) in [6, 6.07) is 7.46. The number of hydrogen-bond donors (Lipinski definition) is 3. The normalized spacial score (nSPS) is 21.8. The summed E-state index contributed by atoms with van der Waals surface area (Å²) in [7, 11) is 0. The van der Waals surface area contributed by atoms with Gasteiger partial charge in [0.1, 0.15) is 6.04 Å². The highest BCUT2D eigenvalue weighted by Gasteiger charge is 2.30. The Bertz CT molecular complexity index is 517. The predicted octanol–water partition coefficient (Wildman–Crippen LogP) is -0.149. The molecule has 0 spiro atoms. The lowest BCUT2D eigenvalue weighted by atomic mass is 10.1. The number of benzene rings is 1. The second kappa shape index (κ2) is 4.79. The number of nitrogens with one attached hydrogen (secondary N) is 3. The minimum Gasteiger partial charge on any atom is -0.381 e. The standard InChI is InChI=1S/C13H16N4O2/c18-12-8-17(6-5-14-12)13(19)11-7-15-9-3-1-2-4-10(9)16-11/h1-4,11,15-16H,5-8H2,(H,14,18). The van der Waals surface area contributed by atoms with Crippen LogP contribution in [0.15, 0.2) is 24.3 Å². The molecule has 100 valence electrons. The van der Waals surface area contributed by atoms with Crippen molar-refractivity contribution in [3.05, 3.63) is 24.3 Å². The van der Waals surface area contributed by atoms with Gasteiger partial charge in [0.25, 0.3) is 0 Å². The topological polar surface area (TPSA) is 73.5 Å². The number of fused-ring (bicyclic) bond motifs is 1. The van der Waals surface area contributed by atoms with Crippen LogP contribution >= 0.6 is 0 Å². The van der Waals surface area contributed by atoms with Crippen LogP contribution < -0.4 is 16.0 Å². The van der Waals surface area contributed by atoms with Gasteiger partial charge in [-0.25, -0.2) is 0 Å². The number of para-hydroxylation sites is 2. The van der Waals surface area contributed by atoms with Crippen molar-refractivity contribution in [2.45, 2.75) is 6.04 Å². The Morgan fingerprint density at radius 1 is 1.21 bits per heavy atom. The number of anilines is 2. The Kier molecular flexibility index (Phi) is 2.98. The summed E-state index contributed by atoms with van der Waals surface area (Å²) in [6.45, 7) is 1.79. The lowest BCUT2D eigenvalue weighted by Crippen LogP contribution is -2.55. The van der Waals surface area contributed by atoms with Crippen LogP contribution in [-0.4, -0.2) is 48.9 Å². The summed E-state index contributed by atoms with van der Waals surface area (Å²) < 4.78 is 0. The molecule has 0 aliphatic carbocycles. The fourth-order valence-electron chi connectivity index (χ4n) is 2.41. The molecule has 3 rings (SSSR count). The van der Waals surface area contributed by atoms with Gasteiger partial charge in [-0.2, -0.15) is 0 Å². The monoisotopic (exact) mass is 260 g/mol. The van der Waals surface area contributed by atoms with E-state index >= 15 is 0 Å². The van der Waals surface area contributed by atoms with Gasteiger partial charge < -0.3 is 20.9 Å². The lowest BCUT2D eigenvalue weighted by molar-refractivity contribution is -0.138. The molecular formula is C13H16N4O2. The average molecular weight is 260 g/mol. The van der Waals surface area contributed by atoms with Crippen molar-refractivity contribution in [2.24, 2.45) is 0 Å². The molecule has 3 N–H and O–H groups in total. The maximum Gasteiger partial charge on any atom is 0.247 e. The zero-order valence-electron chi connectivity index (χ0n) is 10.5. The van der Waals surface area contributed by atoms with Gasteiger partial charge >= 0.3 is 0 Å². The van der Waals surface area contributed by atoms with E-state index in [1.807, 2.05) is 24.3 Å². The van der Waals surface area contributed by atoms with Crippen LogP contribution in [-0.2, 0) is 9.59 Å². The van der Waals surface area contributed by atoms with Crippen LogP contribution in [0.1, 0.15) is 0 Å². The third-order valence-corrected chi connectivity index (χ3v) is 3.40. The Morgan fingerprint density at radius 2 is 2.00 bits per heavy atom. The van der Waals surface area contributed by atoms with Crippen molar-refractivity contribution >= 4 is 23.2 Å². The first-order chi connectivity index (χ1) is 9.24. The number of rotatable bonds is 1. The fraction of sp³-hybridized carbons (Fsp3) is 0.385. The molecule has 1 aromatic rings. The van der Waals surface area contributed by atoms with Crippen molar-refractivity contribution in [3.63, 3.8) is 0 Å². The van der Waals surface area contributed by atoms with Crippen LogP contribution in [0.4, 0.5) is 11.4 Å². The maximum absolute atomic E-state index is 12.4. The molecule has 0 bridgehead atoms. The van der Waals surface area contributed by atoms with Crippen LogP contribution in [0, 0.1) is 0 Å². The van der Waals surface area contributed by atoms with Gasteiger partial charge in [-0.05, 0) is 12.1 Å². The first-order valence-corrected chi connectivity index (χ1v) is 6.39. The Morgan fingerprint density at radius 3 is 2.79 bits per heavy atom. The van der Waals surface area contributed by atoms with Gasteiger partial charge in [0.05, 0.1) is 17.9 Å². The van der Waals surface area contributed by atoms with E-state index in [-0.39, 0.29) is 24.4 Å². The van der Waals surface area contributed by atoms with E-state index in [0.717, 1.165) is 11.4 Å². The molecule has 2 aliphatic heterocycles. The lowest BCUT2D eigenvalue weighted by Gasteiger charge is -2.33. The van der Waals surface area contributed by atoms with Gasteiger partial charge in [-0.3, -0.25) is 9.59 Å². The molecule has 1 aromatic carbocycles. The predicted molar refractivity (Wildman–Crippen MR) is 71.9 cm³/mol. The van der Waals surface area contributed by atoms with Gasteiger partial charge in [0, 0.05) is 19.6 Å². The van der Waals surface area contributed by atoms with Crippen molar-refractivity contribution < 1.29 is 9.59 Å². The number of carbonyl (C=O) groups is 2. The van der Waals surface area contributed by atoms with E-state index in [1.54, 1.807) is 4.90 Å². The number of carbonyl (C=O) groups excluding carboxylic acids is 2. The zero-order chi connectivity index (χ0) is 13.2. The molecule has 0 aromatic heterocycles. The summed E-state index contributed by atoms with van der Waals surface area (Å²) >= 11 is 0. The first-order valence-electron chi connectivity index (χ1n) is 6.39. The summed E-state index contributed by atoms with van der Waals surface area (Å²) in [4.78, 5) is 25.3. The van der Waals surface area contributed by atoms with Crippen LogP contribution in [0.25, 0.3) is 0 Å². The third-order valence-electron chi connectivity index (χ3n) is 3.40. The van der Waals surface area contributed by atoms with Crippen molar-refractivity contribution in [2.75, 3.05) is 36.8 Å². The van der Waals surface area contributed by atoms with Gasteiger partial charge in [0.2, 0.25) is 11.8 Å². The molecule has 2 aliphatic rings. The Hall–Kier alpha value is -2.24. The molecule has 6 nitrogen and oxygen atoms in total. The smallest absolute Gasteiger partial charge is 0.247 e. The van der Waals surface area contributed by atoms with Crippen LogP contribution in [0.3, 0.4) is 0 Å². The summed E-state index contributed by atoms with van der Waals surface area (Å²) in [5.41, 5.74) is 1.93. The largest absolute Gasteiger partial charge is 0.381 e. The minimum atomic E-state index is -0.319. The van der Waals surface area contributed by atoms with Crippen LogP contribution in [0.5, 0.6) is 0 Å². The number of piperazine rings is 1. The second-order valence-corrected chi connectivity index (χ2v) is 4.73.